The SMILES string of the molecule is CC(C)Oc1ccc(-c2cc(N)ncn2)cc1F. The molecule has 0 bridgehead atoms. The quantitative estimate of drug-likeness (QED) is 0.905. The summed E-state index contributed by atoms with van der Waals surface area (Å²) in [7, 11) is 0. The molecule has 1 aromatic heterocycles. The van der Waals surface area contributed by atoms with Crippen LogP contribution in [0.3, 0.4) is 0 Å². The van der Waals surface area contributed by atoms with Crippen molar-refractivity contribution in [3.63, 3.8) is 0 Å². The number of ether oxygens (including phenoxy) is 1. The highest BCUT2D eigenvalue weighted by Crippen LogP contribution is 2.25. The molecular weight excluding hydrogens is 233 g/mol. The van der Waals surface area contributed by atoms with Gasteiger partial charge in [0.15, 0.2) is 11.6 Å². The Bertz CT molecular complexity index is 558. The summed E-state index contributed by atoms with van der Waals surface area (Å²) >= 11 is 0. The lowest BCUT2D eigenvalue weighted by atomic mass is 10.1. The smallest absolute Gasteiger partial charge is 0.165 e. The zero-order valence-corrected chi connectivity index (χ0v) is 10.2. The van der Waals surface area contributed by atoms with Crippen molar-refractivity contribution in [2.75, 3.05) is 5.73 Å². The molecule has 1 aromatic carbocycles. The van der Waals surface area contributed by atoms with Gasteiger partial charge in [-0.05, 0) is 32.0 Å². The average molecular weight is 247 g/mol. The Kier molecular flexibility index (Phi) is 3.41. The Morgan fingerprint density at radius 2 is 2.00 bits per heavy atom. The first-order valence-corrected chi connectivity index (χ1v) is 5.60. The molecule has 0 saturated carbocycles. The largest absolute Gasteiger partial charge is 0.488 e. The normalized spacial score (nSPS) is 10.7. The number of anilines is 1. The van der Waals surface area contributed by atoms with E-state index >= 15 is 0 Å². The predicted molar refractivity (Wildman–Crippen MR) is 67.6 cm³/mol. The van der Waals surface area contributed by atoms with Gasteiger partial charge in [0.2, 0.25) is 0 Å². The highest BCUT2D eigenvalue weighted by atomic mass is 19.1. The molecule has 0 aliphatic rings. The number of benzene rings is 1. The molecular formula is C13H14FN3O. The highest BCUT2D eigenvalue weighted by Gasteiger charge is 2.08. The van der Waals surface area contributed by atoms with Crippen LogP contribution >= 0.6 is 0 Å². The van der Waals surface area contributed by atoms with Crippen LogP contribution in [0.15, 0.2) is 30.6 Å². The molecule has 0 unspecified atom stereocenters. The lowest BCUT2D eigenvalue weighted by molar-refractivity contribution is 0.231. The van der Waals surface area contributed by atoms with Gasteiger partial charge in [0.25, 0.3) is 0 Å². The zero-order chi connectivity index (χ0) is 13.1. The Hall–Kier alpha value is -2.17. The summed E-state index contributed by atoms with van der Waals surface area (Å²) in [6, 6.07) is 6.29. The number of nitrogens with two attached hydrogens (primary N) is 1. The van der Waals surface area contributed by atoms with Gasteiger partial charge >= 0.3 is 0 Å². The summed E-state index contributed by atoms with van der Waals surface area (Å²) in [4.78, 5) is 7.84. The molecule has 0 spiro atoms. The van der Waals surface area contributed by atoms with Crippen LogP contribution in [0.25, 0.3) is 11.3 Å². The molecule has 0 amide bonds. The molecule has 2 rings (SSSR count). The summed E-state index contributed by atoms with van der Waals surface area (Å²) in [5.41, 5.74) is 6.78. The maximum absolute atomic E-state index is 13.8. The van der Waals surface area contributed by atoms with E-state index in [4.69, 9.17) is 10.5 Å². The number of halogens is 1. The van der Waals surface area contributed by atoms with Gasteiger partial charge in [-0.15, -0.1) is 0 Å². The molecule has 5 heteroatoms. The molecule has 1 heterocycles. The summed E-state index contributed by atoms with van der Waals surface area (Å²) in [5.74, 6) is 0.164. The minimum absolute atomic E-state index is 0.0694. The van der Waals surface area contributed by atoms with Crippen LogP contribution in [0.4, 0.5) is 10.2 Å². The van der Waals surface area contributed by atoms with E-state index in [1.165, 1.54) is 12.4 Å². The maximum Gasteiger partial charge on any atom is 0.165 e. The molecule has 2 aromatic rings. The van der Waals surface area contributed by atoms with E-state index in [2.05, 4.69) is 9.97 Å². The lowest BCUT2D eigenvalue weighted by Gasteiger charge is -2.11. The minimum atomic E-state index is -0.418. The van der Waals surface area contributed by atoms with Crippen molar-refractivity contribution in [3.05, 3.63) is 36.4 Å². The van der Waals surface area contributed by atoms with E-state index in [1.807, 2.05) is 13.8 Å². The van der Waals surface area contributed by atoms with Crippen LogP contribution in [0.5, 0.6) is 5.75 Å². The van der Waals surface area contributed by atoms with E-state index < -0.39 is 5.82 Å². The summed E-state index contributed by atoms with van der Waals surface area (Å²) in [5, 5.41) is 0. The second kappa shape index (κ2) is 5.00. The molecule has 0 saturated heterocycles. The van der Waals surface area contributed by atoms with E-state index in [9.17, 15) is 4.39 Å². The molecule has 94 valence electrons. The maximum atomic E-state index is 13.8. The standard InChI is InChI=1S/C13H14FN3O/c1-8(2)18-12-4-3-9(5-10(12)14)11-6-13(15)17-7-16-11/h3-8H,1-2H3,(H2,15,16,17). The average Bonchev–Trinajstić information content (AvgIpc) is 2.31. The first-order valence-electron chi connectivity index (χ1n) is 5.60. The van der Waals surface area contributed by atoms with Crippen molar-refractivity contribution in [1.82, 2.24) is 9.97 Å². The van der Waals surface area contributed by atoms with Crippen LogP contribution in [0.2, 0.25) is 0 Å². The molecule has 0 aliphatic carbocycles. The number of hydrogen-bond donors (Lipinski definition) is 1. The summed E-state index contributed by atoms with van der Waals surface area (Å²) in [6.45, 7) is 3.69. The number of nitrogen functional groups attached to an aromatic ring is 1. The molecule has 4 nitrogen and oxygen atoms in total. The summed E-state index contributed by atoms with van der Waals surface area (Å²) < 4.78 is 19.1. The van der Waals surface area contributed by atoms with E-state index in [1.54, 1.807) is 18.2 Å². The molecule has 18 heavy (non-hydrogen) atoms. The molecule has 2 N–H and O–H groups in total. The third-order valence-electron chi connectivity index (χ3n) is 2.28. The molecule has 0 radical (unpaired) electrons. The van der Waals surface area contributed by atoms with Gasteiger partial charge in [0.1, 0.15) is 12.1 Å². The van der Waals surface area contributed by atoms with Gasteiger partial charge in [-0.25, -0.2) is 14.4 Å². The van der Waals surface area contributed by atoms with Crippen molar-refractivity contribution in [2.45, 2.75) is 20.0 Å². The topological polar surface area (TPSA) is 61.0 Å². The minimum Gasteiger partial charge on any atom is -0.488 e. The third-order valence-corrected chi connectivity index (χ3v) is 2.28. The Morgan fingerprint density at radius 1 is 1.22 bits per heavy atom. The molecule has 0 aliphatic heterocycles. The van der Waals surface area contributed by atoms with Crippen LogP contribution < -0.4 is 10.5 Å². The van der Waals surface area contributed by atoms with Crippen LogP contribution in [-0.4, -0.2) is 16.1 Å². The Labute approximate surface area is 105 Å². The Morgan fingerprint density at radius 3 is 2.61 bits per heavy atom. The van der Waals surface area contributed by atoms with Crippen molar-refractivity contribution >= 4 is 5.82 Å². The number of nitrogens with zero attached hydrogens (tertiary/aromatic N) is 2. The zero-order valence-electron chi connectivity index (χ0n) is 10.2. The second-order valence-electron chi connectivity index (χ2n) is 4.14. The summed E-state index contributed by atoms with van der Waals surface area (Å²) in [6.07, 6.45) is 1.28. The first kappa shape index (κ1) is 12.3. The number of aromatic nitrogens is 2. The Balaban J connectivity index is 2.34. The third kappa shape index (κ3) is 2.74. The van der Waals surface area contributed by atoms with Gasteiger partial charge in [-0.2, -0.15) is 0 Å². The van der Waals surface area contributed by atoms with Crippen molar-refractivity contribution in [1.29, 1.82) is 0 Å². The fourth-order valence-electron chi connectivity index (χ4n) is 1.54. The number of rotatable bonds is 3. The van der Waals surface area contributed by atoms with Crippen molar-refractivity contribution in [2.24, 2.45) is 0 Å². The molecule has 0 fully saturated rings. The van der Waals surface area contributed by atoms with E-state index in [-0.39, 0.29) is 11.9 Å². The van der Waals surface area contributed by atoms with E-state index in [0.29, 0.717) is 17.1 Å². The van der Waals surface area contributed by atoms with Gasteiger partial charge in [0.05, 0.1) is 11.8 Å². The number of hydrogen-bond acceptors (Lipinski definition) is 4. The predicted octanol–water partition coefficient (Wildman–Crippen LogP) is 2.65. The second-order valence-corrected chi connectivity index (χ2v) is 4.14. The van der Waals surface area contributed by atoms with Gasteiger partial charge in [-0.3, -0.25) is 0 Å². The fraction of sp³-hybridized carbons (Fsp3) is 0.231. The van der Waals surface area contributed by atoms with Gasteiger partial charge < -0.3 is 10.5 Å². The van der Waals surface area contributed by atoms with Gasteiger partial charge in [0, 0.05) is 11.6 Å². The van der Waals surface area contributed by atoms with Crippen LogP contribution in [0.1, 0.15) is 13.8 Å². The van der Waals surface area contributed by atoms with Crippen LogP contribution in [0, 0.1) is 5.82 Å². The van der Waals surface area contributed by atoms with Crippen molar-refractivity contribution < 1.29 is 9.13 Å². The lowest BCUT2D eigenvalue weighted by Crippen LogP contribution is -2.06. The fourth-order valence-corrected chi connectivity index (χ4v) is 1.54. The first-order chi connectivity index (χ1) is 8.56. The van der Waals surface area contributed by atoms with Crippen molar-refractivity contribution in [3.8, 4) is 17.0 Å². The van der Waals surface area contributed by atoms with Crippen LogP contribution in [-0.2, 0) is 0 Å². The van der Waals surface area contributed by atoms with Gasteiger partial charge in [-0.1, -0.05) is 0 Å². The van der Waals surface area contributed by atoms with E-state index in [0.717, 1.165) is 0 Å². The molecule has 0 atom stereocenters. The highest BCUT2D eigenvalue weighted by molar-refractivity contribution is 5.62. The monoisotopic (exact) mass is 247 g/mol.